The molecule has 1 amide bonds. The Morgan fingerprint density at radius 1 is 1.21 bits per heavy atom. The minimum atomic E-state index is -0.437. The molecule has 0 saturated heterocycles. The van der Waals surface area contributed by atoms with Crippen LogP contribution in [-0.4, -0.2) is 33.1 Å². The highest BCUT2D eigenvalue weighted by molar-refractivity contribution is 9.10. The molecule has 0 aliphatic carbocycles. The number of carbonyl (C=O) groups excluding carboxylic acids is 1. The number of hydrogen-bond donors (Lipinski definition) is 2. The van der Waals surface area contributed by atoms with Crippen molar-refractivity contribution in [3.8, 4) is 5.75 Å². The molecule has 1 aliphatic heterocycles. The van der Waals surface area contributed by atoms with E-state index in [1.54, 1.807) is 7.11 Å². The van der Waals surface area contributed by atoms with Gasteiger partial charge in [-0.3, -0.25) is 4.79 Å². The minimum Gasteiger partial charge on any atom is -0.496 e. The van der Waals surface area contributed by atoms with Crippen LogP contribution in [0.4, 0.5) is 5.69 Å². The van der Waals surface area contributed by atoms with E-state index in [0.29, 0.717) is 5.16 Å². The standard InChI is InChI=1S/C20H20BrN5O2S/c1-11-4-7-14(8-5-11)22-19(27)18-17(13-6-9-16(28-3)15(21)10-13)25-26-12(2)23-24-20(26)29-18/h4-10,17-18,25H,1-3H3,(H,22,27)/t17-,18-/m1/s1. The number of fused-ring (bicyclic) bond motifs is 1. The summed E-state index contributed by atoms with van der Waals surface area (Å²) in [5.74, 6) is 1.37. The van der Waals surface area contributed by atoms with Gasteiger partial charge < -0.3 is 15.5 Å². The third-order valence-electron chi connectivity index (χ3n) is 4.71. The first-order valence-corrected chi connectivity index (χ1v) is 10.7. The van der Waals surface area contributed by atoms with Crippen LogP contribution in [0, 0.1) is 13.8 Å². The van der Waals surface area contributed by atoms with E-state index < -0.39 is 5.25 Å². The predicted octanol–water partition coefficient (Wildman–Crippen LogP) is 4.06. The number of aromatic nitrogens is 3. The molecular weight excluding hydrogens is 454 g/mol. The molecular formula is C20H20BrN5O2S. The first kappa shape index (κ1) is 19.8. The maximum atomic E-state index is 13.2. The number of anilines is 1. The van der Waals surface area contributed by atoms with Gasteiger partial charge in [-0.05, 0) is 59.6 Å². The summed E-state index contributed by atoms with van der Waals surface area (Å²) in [6, 6.07) is 13.3. The molecule has 1 aromatic heterocycles. The van der Waals surface area contributed by atoms with Crippen LogP contribution in [0.25, 0.3) is 0 Å². The molecule has 9 heteroatoms. The van der Waals surface area contributed by atoms with Crippen LogP contribution in [0.1, 0.15) is 23.0 Å². The van der Waals surface area contributed by atoms with Crippen molar-refractivity contribution in [1.29, 1.82) is 0 Å². The summed E-state index contributed by atoms with van der Waals surface area (Å²) < 4.78 is 7.99. The van der Waals surface area contributed by atoms with Gasteiger partial charge in [0, 0.05) is 5.69 Å². The lowest BCUT2D eigenvalue weighted by molar-refractivity contribution is -0.116. The van der Waals surface area contributed by atoms with Crippen LogP contribution in [0.5, 0.6) is 5.75 Å². The number of amides is 1. The second kappa shape index (κ2) is 8.08. The van der Waals surface area contributed by atoms with Gasteiger partial charge in [-0.2, -0.15) is 0 Å². The van der Waals surface area contributed by atoms with Crippen LogP contribution < -0.4 is 15.5 Å². The zero-order valence-electron chi connectivity index (χ0n) is 16.1. The summed E-state index contributed by atoms with van der Waals surface area (Å²) in [5, 5.41) is 11.6. The summed E-state index contributed by atoms with van der Waals surface area (Å²) >= 11 is 4.93. The van der Waals surface area contributed by atoms with Crippen molar-refractivity contribution in [2.75, 3.05) is 17.9 Å². The van der Waals surface area contributed by atoms with E-state index in [-0.39, 0.29) is 11.9 Å². The summed E-state index contributed by atoms with van der Waals surface area (Å²) in [5.41, 5.74) is 6.26. The lowest BCUT2D eigenvalue weighted by atomic mass is 10.0. The van der Waals surface area contributed by atoms with E-state index in [9.17, 15) is 4.79 Å². The fourth-order valence-corrected chi connectivity index (χ4v) is 4.82. The maximum Gasteiger partial charge on any atom is 0.240 e. The van der Waals surface area contributed by atoms with Crippen molar-refractivity contribution >= 4 is 39.3 Å². The molecule has 3 aromatic rings. The SMILES string of the molecule is COc1ccc([C@H]2Nn3c(C)nnc3S[C@H]2C(=O)Nc2ccc(C)cc2)cc1Br. The van der Waals surface area contributed by atoms with Crippen molar-refractivity contribution in [1.82, 2.24) is 14.9 Å². The number of nitrogens with zero attached hydrogens (tertiary/aromatic N) is 3. The van der Waals surface area contributed by atoms with E-state index in [1.807, 2.05) is 61.0 Å². The lowest BCUT2D eigenvalue weighted by Crippen LogP contribution is -2.41. The molecule has 2 heterocycles. The summed E-state index contributed by atoms with van der Waals surface area (Å²) in [4.78, 5) is 13.2. The summed E-state index contributed by atoms with van der Waals surface area (Å²) in [7, 11) is 1.62. The van der Waals surface area contributed by atoms with E-state index in [1.165, 1.54) is 11.8 Å². The molecule has 2 atom stereocenters. The van der Waals surface area contributed by atoms with E-state index in [0.717, 1.165) is 32.9 Å². The Morgan fingerprint density at radius 2 is 1.97 bits per heavy atom. The highest BCUT2D eigenvalue weighted by Crippen LogP contribution is 2.39. The van der Waals surface area contributed by atoms with Gasteiger partial charge in [0.15, 0.2) is 0 Å². The normalized spacial score (nSPS) is 17.9. The fraction of sp³-hybridized carbons (Fsp3) is 0.250. The van der Waals surface area contributed by atoms with Crippen LogP contribution in [0.15, 0.2) is 52.1 Å². The minimum absolute atomic E-state index is 0.102. The van der Waals surface area contributed by atoms with Gasteiger partial charge in [0.1, 0.15) is 16.8 Å². The van der Waals surface area contributed by atoms with Crippen molar-refractivity contribution in [2.24, 2.45) is 0 Å². The zero-order chi connectivity index (χ0) is 20.5. The van der Waals surface area contributed by atoms with Gasteiger partial charge in [-0.15, -0.1) is 10.2 Å². The number of nitrogens with one attached hydrogen (secondary N) is 2. The van der Waals surface area contributed by atoms with Gasteiger partial charge >= 0.3 is 0 Å². The van der Waals surface area contributed by atoms with Gasteiger partial charge in [0.2, 0.25) is 11.1 Å². The van der Waals surface area contributed by atoms with Gasteiger partial charge in [0.25, 0.3) is 0 Å². The van der Waals surface area contributed by atoms with Crippen molar-refractivity contribution in [3.63, 3.8) is 0 Å². The molecule has 2 N–H and O–H groups in total. The molecule has 0 spiro atoms. The maximum absolute atomic E-state index is 13.2. The highest BCUT2D eigenvalue weighted by Gasteiger charge is 2.37. The molecule has 0 unspecified atom stereocenters. The number of hydrogen-bond acceptors (Lipinski definition) is 6. The predicted molar refractivity (Wildman–Crippen MR) is 117 cm³/mol. The number of benzene rings is 2. The lowest BCUT2D eigenvalue weighted by Gasteiger charge is -2.33. The van der Waals surface area contributed by atoms with Crippen molar-refractivity contribution in [3.05, 3.63) is 63.9 Å². The molecule has 0 saturated carbocycles. The molecule has 4 rings (SSSR count). The number of thioether (sulfide) groups is 1. The molecule has 0 bridgehead atoms. The third kappa shape index (κ3) is 3.97. The molecule has 150 valence electrons. The molecule has 7 nitrogen and oxygen atoms in total. The zero-order valence-corrected chi connectivity index (χ0v) is 18.5. The fourth-order valence-electron chi connectivity index (χ4n) is 3.14. The molecule has 0 radical (unpaired) electrons. The van der Waals surface area contributed by atoms with E-state index in [2.05, 4.69) is 36.9 Å². The smallest absolute Gasteiger partial charge is 0.240 e. The Hall–Kier alpha value is -2.52. The monoisotopic (exact) mass is 473 g/mol. The third-order valence-corrected chi connectivity index (χ3v) is 6.55. The molecule has 0 fully saturated rings. The molecule has 1 aliphatic rings. The first-order valence-electron chi connectivity index (χ1n) is 9.02. The highest BCUT2D eigenvalue weighted by atomic mass is 79.9. The van der Waals surface area contributed by atoms with Crippen LogP contribution in [0.2, 0.25) is 0 Å². The van der Waals surface area contributed by atoms with Gasteiger partial charge in [-0.25, -0.2) is 4.68 Å². The van der Waals surface area contributed by atoms with Gasteiger partial charge in [0.05, 0.1) is 17.6 Å². The van der Waals surface area contributed by atoms with E-state index >= 15 is 0 Å². The van der Waals surface area contributed by atoms with E-state index in [4.69, 9.17) is 4.74 Å². The number of methoxy groups -OCH3 is 1. The molecule has 2 aromatic carbocycles. The van der Waals surface area contributed by atoms with Crippen molar-refractivity contribution in [2.45, 2.75) is 30.3 Å². The Balaban J connectivity index is 1.67. The number of carbonyl (C=O) groups is 1. The van der Waals surface area contributed by atoms with Crippen LogP contribution in [-0.2, 0) is 4.79 Å². The van der Waals surface area contributed by atoms with Crippen LogP contribution in [0.3, 0.4) is 0 Å². The average Bonchev–Trinajstić information content (AvgIpc) is 3.08. The second-order valence-corrected chi connectivity index (χ2v) is 8.72. The molecule has 29 heavy (non-hydrogen) atoms. The average molecular weight is 474 g/mol. The summed E-state index contributed by atoms with van der Waals surface area (Å²) in [6.07, 6.45) is 0. The number of aryl methyl sites for hydroxylation is 2. The number of rotatable bonds is 4. The number of halogens is 1. The first-order chi connectivity index (χ1) is 14.0. The Kier molecular flexibility index (Phi) is 5.51. The largest absolute Gasteiger partial charge is 0.496 e. The quantitative estimate of drug-likeness (QED) is 0.594. The Labute approximate surface area is 181 Å². The van der Waals surface area contributed by atoms with Gasteiger partial charge in [-0.1, -0.05) is 35.5 Å². The van der Waals surface area contributed by atoms with Crippen molar-refractivity contribution < 1.29 is 9.53 Å². The Morgan fingerprint density at radius 3 is 2.66 bits per heavy atom. The summed E-state index contributed by atoms with van der Waals surface area (Å²) in [6.45, 7) is 3.89. The second-order valence-electron chi connectivity index (χ2n) is 6.76. The Bertz CT molecular complexity index is 1050. The van der Waals surface area contributed by atoms with Crippen LogP contribution >= 0.6 is 27.7 Å². The number of ether oxygens (including phenoxy) is 1. The topological polar surface area (TPSA) is 81.1 Å².